The number of carbonyl (C=O) groups is 1. The van der Waals surface area contributed by atoms with Crippen molar-refractivity contribution in [1.29, 1.82) is 0 Å². The highest BCUT2D eigenvalue weighted by Gasteiger charge is 2.49. The molecule has 0 fully saturated rings. The summed E-state index contributed by atoms with van der Waals surface area (Å²) in [6.07, 6.45) is -1.80. The molecule has 0 aromatic heterocycles. The minimum absolute atomic E-state index is 0.740. The Morgan fingerprint density at radius 3 is 2.07 bits per heavy atom. The van der Waals surface area contributed by atoms with Crippen molar-refractivity contribution in [3.8, 4) is 0 Å². The minimum atomic E-state index is -5.26. The number of rotatable bonds is 5. The van der Waals surface area contributed by atoms with Crippen LogP contribution >= 0.6 is 7.37 Å². The summed E-state index contributed by atoms with van der Waals surface area (Å²) in [5, 5.41) is 17.5. The molecule has 0 heterocycles. The lowest BCUT2D eigenvalue weighted by atomic mass is 10.3. The summed E-state index contributed by atoms with van der Waals surface area (Å²) in [4.78, 5) is 15.8. The van der Waals surface area contributed by atoms with Crippen LogP contribution in [0.1, 0.15) is 6.42 Å². The van der Waals surface area contributed by atoms with Crippen molar-refractivity contribution in [2.75, 3.05) is 12.8 Å². The molecule has 10 heteroatoms. The molecule has 0 aromatic rings. The van der Waals surface area contributed by atoms with Gasteiger partial charge in [-0.1, -0.05) is 0 Å². The van der Waals surface area contributed by atoms with E-state index in [1.807, 2.05) is 0 Å². The quantitative estimate of drug-likeness (QED) is 0.361. The first-order valence-electron chi connectivity index (χ1n) is 3.62. The van der Waals surface area contributed by atoms with Gasteiger partial charge in [-0.25, -0.2) is 4.79 Å². The highest BCUT2D eigenvalue weighted by atomic mass is 32.2. The van der Waals surface area contributed by atoms with Crippen LogP contribution in [0.4, 0.5) is 0 Å². The highest BCUT2D eigenvalue weighted by molar-refractivity contribution is 7.87. The van der Waals surface area contributed by atoms with Crippen LogP contribution in [0.3, 0.4) is 0 Å². The molecule has 0 saturated carbocycles. The molecule has 0 aliphatic rings. The molecule has 2 unspecified atom stereocenters. The average Bonchev–Trinajstić information content (AvgIpc) is 1.95. The molecule has 4 N–H and O–H groups in total. The summed E-state index contributed by atoms with van der Waals surface area (Å²) < 4.78 is 40.4. The van der Waals surface area contributed by atoms with E-state index < -0.39 is 41.0 Å². The highest BCUT2D eigenvalue weighted by Crippen LogP contribution is 2.38. The van der Waals surface area contributed by atoms with Crippen LogP contribution in [0.15, 0.2) is 0 Å². The Morgan fingerprint density at radius 1 is 1.47 bits per heavy atom. The summed E-state index contributed by atoms with van der Waals surface area (Å²) in [7, 11) is -8.93. The van der Waals surface area contributed by atoms with Crippen molar-refractivity contribution in [2.45, 2.75) is 11.4 Å². The van der Waals surface area contributed by atoms with E-state index in [-0.39, 0.29) is 0 Å². The second kappa shape index (κ2) is 4.18. The van der Waals surface area contributed by atoms with Crippen molar-refractivity contribution in [3.63, 3.8) is 0 Å². The zero-order valence-corrected chi connectivity index (χ0v) is 9.40. The van der Waals surface area contributed by atoms with Crippen LogP contribution in [0, 0.1) is 0 Å². The molecule has 2 atom stereocenters. The number of aliphatic hydroxyl groups is 1. The molecule has 0 aromatic carbocycles. The average molecular weight is 262 g/mol. The van der Waals surface area contributed by atoms with E-state index in [9.17, 15) is 17.8 Å². The van der Waals surface area contributed by atoms with Gasteiger partial charge in [0, 0.05) is 19.2 Å². The number of hydrogen-bond acceptors (Lipinski definition) is 5. The zero-order chi connectivity index (χ0) is 12.5. The van der Waals surface area contributed by atoms with Crippen LogP contribution in [0.2, 0.25) is 0 Å². The Kier molecular flexibility index (Phi) is 4.05. The van der Waals surface area contributed by atoms with Gasteiger partial charge < -0.3 is 15.1 Å². The molecule has 0 spiro atoms. The van der Waals surface area contributed by atoms with Crippen molar-refractivity contribution in [1.82, 2.24) is 0 Å². The minimum Gasteiger partial charge on any atom is -0.478 e. The molecular formula is C5H11O8PS. The van der Waals surface area contributed by atoms with Gasteiger partial charge in [-0.2, -0.15) is 8.42 Å². The summed E-state index contributed by atoms with van der Waals surface area (Å²) in [5.41, 5.74) is 0. The Bertz CT molecular complexity index is 393. The topological polar surface area (TPSA) is 149 Å². The predicted octanol–water partition coefficient (Wildman–Crippen LogP) is -1.06. The monoisotopic (exact) mass is 262 g/mol. The second-order valence-electron chi connectivity index (χ2n) is 3.09. The van der Waals surface area contributed by atoms with Gasteiger partial charge in [0.15, 0.2) is 7.37 Å². The molecule has 15 heavy (non-hydrogen) atoms. The number of aliphatic carboxylic acids is 1. The first-order valence-corrected chi connectivity index (χ1v) is 7.35. The van der Waals surface area contributed by atoms with Gasteiger partial charge >= 0.3 is 16.1 Å². The second-order valence-corrected chi connectivity index (χ2v) is 7.26. The normalized spacial score (nSPS) is 20.3. The summed E-state index contributed by atoms with van der Waals surface area (Å²) in [5.74, 6) is -2.20. The lowest BCUT2D eigenvalue weighted by Crippen LogP contribution is -2.46. The van der Waals surface area contributed by atoms with E-state index in [1.54, 1.807) is 0 Å². The van der Waals surface area contributed by atoms with Gasteiger partial charge in [-0.15, -0.1) is 0 Å². The summed E-state index contributed by atoms with van der Waals surface area (Å²) >= 11 is 0. The fourth-order valence-electron chi connectivity index (χ4n) is 0.705. The molecule has 0 saturated heterocycles. The molecule has 90 valence electrons. The molecule has 0 aliphatic heterocycles. The van der Waals surface area contributed by atoms with Crippen molar-refractivity contribution in [2.24, 2.45) is 0 Å². The van der Waals surface area contributed by atoms with Crippen LogP contribution in [0.5, 0.6) is 0 Å². The standard InChI is InChI=1S/C5H11O8PS/c1-14(9,10)3-2-5(8,4(6)7)15(11,12)13/h8H,2-3H2,1H3,(H,6,7)(H,9,10)(H,11,12,13). The number of carboxylic acids is 1. The fraction of sp³-hybridized carbons (Fsp3) is 0.800. The van der Waals surface area contributed by atoms with Crippen molar-refractivity contribution < 1.29 is 37.4 Å². The first kappa shape index (κ1) is 14.5. The van der Waals surface area contributed by atoms with E-state index >= 15 is 0 Å². The van der Waals surface area contributed by atoms with Gasteiger partial charge in [0.05, 0.1) is 0 Å². The number of carboxylic acid groups (broad SMARTS) is 1. The smallest absolute Gasteiger partial charge is 0.354 e. The molecule has 0 bridgehead atoms. The SMILES string of the molecule is CP(=O)(O)CCC(O)(C(=O)O)S(=O)(=O)O. The van der Waals surface area contributed by atoms with E-state index in [4.69, 9.17) is 19.7 Å². The number of hydrogen-bond donors (Lipinski definition) is 4. The maximum Gasteiger partial charge on any atom is 0.354 e. The fourth-order valence-corrected chi connectivity index (χ4v) is 2.18. The molecule has 0 amide bonds. The third-order valence-electron chi connectivity index (χ3n) is 1.63. The summed E-state index contributed by atoms with van der Waals surface area (Å²) in [6, 6.07) is 0. The van der Waals surface area contributed by atoms with Crippen molar-refractivity contribution in [3.05, 3.63) is 0 Å². The van der Waals surface area contributed by atoms with Gasteiger partial charge in [-0.05, 0) is 0 Å². The van der Waals surface area contributed by atoms with E-state index in [2.05, 4.69) is 0 Å². The Labute approximate surface area is 85.7 Å². The Hall–Kier alpha value is -0.470. The van der Waals surface area contributed by atoms with Crippen LogP contribution in [0.25, 0.3) is 0 Å². The van der Waals surface area contributed by atoms with Crippen LogP contribution in [-0.4, -0.2) is 51.8 Å². The summed E-state index contributed by atoms with van der Waals surface area (Å²) in [6.45, 7) is 0.874. The Morgan fingerprint density at radius 2 is 1.87 bits per heavy atom. The van der Waals surface area contributed by atoms with E-state index in [1.165, 1.54) is 0 Å². The van der Waals surface area contributed by atoms with Gasteiger partial charge in [0.2, 0.25) is 0 Å². The van der Waals surface area contributed by atoms with Gasteiger partial charge in [0.25, 0.3) is 4.93 Å². The van der Waals surface area contributed by atoms with Crippen LogP contribution < -0.4 is 0 Å². The largest absolute Gasteiger partial charge is 0.478 e. The van der Waals surface area contributed by atoms with E-state index in [0.717, 1.165) is 6.66 Å². The first-order chi connectivity index (χ1) is 6.40. The van der Waals surface area contributed by atoms with Crippen molar-refractivity contribution >= 4 is 23.5 Å². The predicted molar refractivity (Wildman–Crippen MR) is 49.4 cm³/mol. The maximum absolute atomic E-state index is 10.8. The lowest BCUT2D eigenvalue weighted by molar-refractivity contribution is -0.150. The Balaban J connectivity index is 5.03. The third-order valence-corrected chi connectivity index (χ3v) is 3.91. The third kappa shape index (κ3) is 3.88. The van der Waals surface area contributed by atoms with E-state index in [0.29, 0.717) is 0 Å². The zero-order valence-electron chi connectivity index (χ0n) is 7.69. The van der Waals surface area contributed by atoms with Gasteiger partial charge in [0.1, 0.15) is 0 Å². The van der Waals surface area contributed by atoms with Gasteiger partial charge in [-0.3, -0.25) is 9.12 Å². The molecule has 0 rings (SSSR count). The molecule has 0 radical (unpaired) electrons. The lowest BCUT2D eigenvalue weighted by Gasteiger charge is -2.20. The molecule has 0 aliphatic carbocycles. The molecular weight excluding hydrogens is 251 g/mol. The maximum atomic E-state index is 10.8. The van der Waals surface area contributed by atoms with Crippen LogP contribution in [-0.2, 0) is 19.5 Å². The molecule has 8 nitrogen and oxygen atoms in total.